The van der Waals surface area contributed by atoms with E-state index in [-0.39, 0.29) is 18.9 Å². The molecule has 4 aromatic rings. The number of ether oxygens (including phenoxy) is 1. The van der Waals surface area contributed by atoms with E-state index in [9.17, 15) is 8.78 Å². The normalized spacial score (nSPS) is 17.6. The van der Waals surface area contributed by atoms with Crippen molar-refractivity contribution >= 4 is 28.6 Å². The summed E-state index contributed by atoms with van der Waals surface area (Å²) in [5.74, 6) is -0.960. The topological polar surface area (TPSA) is 93.0 Å². The average molecular weight is 569 g/mol. The van der Waals surface area contributed by atoms with E-state index in [1.165, 1.54) is 6.33 Å². The number of fused-ring (bicyclic) bond motifs is 1. The zero-order valence-corrected chi connectivity index (χ0v) is 23.0. The van der Waals surface area contributed by atoms with Gasteiger partial charge in [0.2, 0.25) is 0 Å². The maximum absolute atomic E-state index is 13.5. The number of anilines is 1. The molecule has 6 rings (SSSR count). The fourth-order valence-electron chi connectivity index (χ4n) is 5.20. The van der Waals surface area contributed by atoms with E-state index >= 15 is 0 Å². The first-order chi connectivity index (χ1) is 19.3. The van der Waals surface area contributed by atoms with Crippen LogP contribution in [0.3, 0.4) is 0 Å². The Balaban J connectivity index is 1.30. The van der Waals surface area contributed by atoms with Crippen molar-refractivity contribution in [2.75, 3.05) is 44.6 Å². The summed E-state index contributed by atoms with van der Waals surface area (Å²) in [6, 6.07) is 9.13. The molecule has 1 saturated carbocycles. The minimum absolute atomic E-state index is 0.235. The molecule has 1 aliphatic heterocycles. The minimum Gasteiger partial charge on any atom is -0.492 e. The first-order valence-electron chi connectivity index (χ1n) is 13.5. The molecule has 0 amide bonds. The number of hydrogen-bond donors (Lipinski definition) is 2. The summed E-state index contributed by atoms with van der Waals surface area (Å²) < 4.78 is 34.9. The van der Waals surface area contributed by atoms with Crippen LogP contribution in [0.2, 0.25) is 5.02 Å². The van der Waals surface area contributed by atoms with Gasteiger partial charge in [-0.25, -0.2) is 23.7 Å². The Morgan fingerprint density at radius 1 is 1.12 bits per heavy atom. The highest BCUT2D eigenvalue weighted by Crippen LogP contribution is 2.40. The summed E-state index contributed by atoms with van der Waals surface area (Å²) in [4.78, 5) is 20.6. The molecule has 0 atom stereocenters. The summed E-state index contributed by atoms with van der Waals surface area (Å²) >= 11 is 6.80. The van der Waals surface area contributed by atoms with Crippen molar-refractivity contribution in [2.24, 2.45) is 0 Å². The van der Waals surface area contributed by atoms with Gasteiger partial charge in [0.1, 0.15) is 24.5 Å². The van der Waals surface area contributed by atoms with Gasteiger partial charge < -0.3 is 19.9 Å². The highest BCUT2D eigenvalue weighted by Gasteiger charge is 2.45. The van der Waals surface area contributed by atoms with Crippen LogP contribution in [0.5, 0.6) is 5.75 Å². The lowest BCUT2D eigenvalue weighted by molar-refractivity contribution is -0.0793. The van der Waals surface area contributed by atoms with Crippen LogP contribution in [0.25, 0.3) is 22.6 Å². The highest BCUT2D eigenvalue weighted by molar-refractivity contribution is 6.33. The number of rotatable bonds is 9. The van der Waals surface area contributed by atoms with Crippen LogP contribution in [-0.2, 0) is 6.54 Å². The van der Waals surface area contributed by atoms with Crippen LogP contribution >= 0.6 is 11.6 Å². The van der Waals surface area contributed by atoms with Crippen molar-refractivity contribution in [3.05, 3.63) is 59.1 Å². The van der Waals surface area contributed by atoms with Crippen LogP contribution in [-0.4, -0.2) is 80.7 Å². The van der Waals surface area contributed by atoms with Gasteiger partial charge in [-0.3, -0.25) is 9.88 Å². The van der Waals surface area contributed by atoms with Crippen molar-refractivity contribution < 1.29 is 13.5 Å². The Morgan fingerprint density at radius 2 is 1.95 bits per heavy atom. The van der Waals surface area contributed by atoms with Crippen LogP contribution in [0, 0.1) is 6.92 Å². The number of aryl methyl sites for hydroxylation is 1. The lowest BCUT2D eigenvalue weighted by atomic mass is 9.88. The molecule has 1 aliphatic carbocycles. The molecule has 3 aromatic heterocycles. The third-order valence-corrected chi connectivity index (χ3v) is 7.64. The van der Waals surface area contributed by atoms with Crippen LogP contribution in [0.1, 0.15) is 24.1 Å². The van der Waals surface area contributed by atoms with E-state index in [0.29, 0.717) is 52.3 Å². The molecular weight excluding hydrogens is 538 g/mol. The molecule has 0 radical (unpaired) electrons. The van der Waals surface area contributed by atoms with Gasteiger partial charge in [0.25, 0.3) is 5.92 Å². The largest absolute Gasteiger partial charge is 0.492 e. The average Bonchev–Trinajstić information content (AvgIpc) is 3.27. The first-order valence-corrected chi connectivity index (χ1v) is 13.9. The predicted molar refractivity (Wildman–Crippen MR) is 150 cm³/mol. The molecule has 1 aromatic carbocycles. The molecule has 12 heteroatoms. The van der Waals surface area contributed by atoms with E-state index in [1.807, 2.05) is 35.8 Å². The number of halogens is 3. The molecule has 0 spiro atoms. The Labute approximate surface area is 236 Å². The SMILES string of the molecule is Cc1ccnc(Cn2c(-c3ccc(OCCN4CCNCC4)cc3Cl)nc3c(NC4CC(F)(F)C4)ncnc32)c1. The van der Waals surface area contributed by atoms with Gasteiger partial charge in [0.05, 0.1) is 17.3 Å². The quantitative estimate of drug-likeness (QED) is 0.307. The molecule has 0 unspecified atom stereocenters. The number of aromatic nitrogens is 5. The molecule has 2 aliphatic rings. The number of hydrogen-bond acceptors (Lipinski definition) is 8. The molecule has 210 valence electrons. The maximum atomic E-state index is 13.5. The second kappa shape index (κ2) is 11.2. The van der Waals surface area contributed by atoms with Gasteiger partial charge in [0, 0.05) is 63.4 Å². The second-order valence-corrected chi connectivity index (χ2v) is 10.8. The van der Waals surface area contributed by atoms with Gasteiger partial charge in [-0.05, 0) is 42.8 Å². The highest BCUT2D eigenvalue weighted by atomic mass is 35.5. The summed E-state index contributed by atoms with van der Waals surface area (Å²) in [6.45, 7) is 7.83. The third-order valence-electron chi connectivity index (χ3n) is 7.32. The number of nitrogens with zero attached hydrogens (tertiary/aromatic N) is 6. The number of pyridine rings is 1. The first kappa shape index (κ1) is 26.8. The molecule has 2 N–H and O–H groups in total. The Morgan fingerprint density at radius 3 is 2.70 bits per heavy atom. The van der Waals surface area contributed by atoms with Crippen LogP contribution in [0.4, 0.5) is 14.6 Å². The Hall–Kier alpha value is -3.41. The van der Waals surface area contributed by atoms with Crippen LogP contribution < -0.4 is 15.4 Å². The number of piperazine rings is 1. The lowest BCUT2D eigenvalue weighted by Crippen LogP contribution is -2.44. The minimum atomic E-state index is -2.65. The Kier molecular flexibility index (Phi) is 7.52. The van der Waals surface area contributed by atoms with Gasteiger partial charge in [-0.1, -0.05) is 11.6 Å². The van der Waals surface area contributed by atoms with Gasteiger partial charge in [-0.2, -0.15) is 0 Å². The molecule has 9 nitrogen and oxygen atoms in total. The smallest absolute Gasteiger partial charge is 0.252 e. The van der Waals surface area contributed by atoms with Gasteiger partial charge in [0.15, 0.2) is 17.0 Å². The summed E-state index contributed by atoms with van der Waals surface area (Å²) in [5, 5.41) is 6.97. The number of benzene rings is 1. The van der Waals surface area contributed by atoms with Crippen molar-refractivity contribution in [2.45, 2.75) is 38.3 Å². The van der Waals surface area contributed by atoms with Gasteiger partial charge >= 0.3 is 0 Å². The van der Waals surface area contributed by atoms with Gasteiger partial charge in [-0.15, -0.1) is 0 Å². The zero-order chi connectivity index (χ0) is 27.7. The molecule has 0 bridgehead atoms. The predicted octanol–water partition coefficient (Wildman–Crippen LogP) is 4.39. The number of nitrogens with one attached hydrogen (secondary N) is 2. The van der Waals surface area contributed by atoms with Crippen molar-refractivity contribution in [3.63, 3.8) is 0 Å². The third kappa shape index (κ3) is 5.86. The van der Waals surface area contributed by atoms with E-state index in [0.717, 1.165) is 44.0 Å². The molecule has 1 saturated heterocycles. The summed E-state index contributed by atoms with van der Waals surface area (Å²) in [5.41, 5.74) is 3.67. The second-order valence-electron chi connectivity index (χ2n) is 10.4. The summed E-state index contributed by atoms with van der Waals surface area (Å²) in [6.07, 6.45) is 2.72. The van der Waals surface area contributed by atoms with E-state index in [4.69, 9.17) is 21.3 Å². The lowest BCUT2D eigenvalue weighted by Gasteiger charge is -2.35. The fourth-order valence-corrected chi connectivity index (χ4v) is 5.45. The van der Waals surface area contributed by atoms with Crippen molar-refractivity contribution in [1.82, 2.24) is 34.7 Å². The van der Waals surface area contributed by atoms with E-state index in [1.54, 1.807) is 12.3 Å². The maximum Gasteiger partial charge on any atom is 0.252 e. The zero-order valence-electron chi connectivity index (χ0n) is 22.2. The molecular formula is C28H31ClF2N8O. The monoisotopic (exact) mass is 568 g/mol. The van der Waals surface area contributed by atoms with E-state index < -0.39 is 5.92 Å². The molecule has 4 heterocycles. The molecule has 2 fully saturated rings. The van der Waals surface area contributed by atoms with Crippen LogP contribution in [0.15, 0.2) is 42.9 Å². The number of alkyl halides is 2. The fraction of sp³-hybridized carbons (Fsp3) is 0.429. The van der Waals surface area contributed by atoms with Crippen molar-refractivity contribution in [1.29, 1.82) is 0 Å². The van der Waals surface area contributed by atoms with Crippen molar-refractivity contribution in [3.8, 4) is 17.1 Å². The van der Waals surface area contributed by atoms with E-state index in [2.05, 4.69) is 30.5 Å². The Bertz CT molecular complexity index is 1500. The summed E-state index contributed by atoms with van der Waals surface area (Å²) in [7, 11) is 0. The molecule has 40 heavy (non-hydrogen) atoms. The number of imidazole rings is 1. The standard InChI is InChI=1S/C28H31ClF2N8O/c1-18-4-5-33-19(12-18)16-39-26(37-24-25(34-17-35-27(24)39)36-20-14-28(30,31)15-20)22-3-2-21(13-23(22)29)40-11-10-38-8-6-32-7-9-38/h2-5,12-13,17,20,32H,6-11,14-16H2,1H3,(H,34,35,36).